The van der Waals surface area contributed by atoms with Gasteiger partial charge >= 0.3 is 0 Å². The molecular formula is C20H19N3O4. The number of nitro benzene ring substituents is 1. The molecule has 2 aliphatic heterocycles. The zero-order chi connectivity index (χ0) is 19.0. The molecule has 0 spiro atoms. The van der Waals surface area contributed by atoms with Gasteiger partial charge in [-0.1, -0.05) is 18.2 Å². The topological polar surface area (TPSA) is 83.8 Å². The van der Waals surface area contributed by atoms with Gasteiger partial charge in [-0.25, -0.2) is 0 Å². The Bertz CT molecular complexity index is 941. The molecule has 0 aliphatic carbocycles. The Morgan fingerprint density at radius 3 is 2.67 bits per heavy atom. The van der Waals surface area contributed by atoms with Gasteiger partial charge in [0.15, 0.2) is 0 Å². The number of hydrogen-bond acceptors (Lipinski definition) is 4. The summed E-state index contributed by atoms with van der Waals surface area (Å²) in [5.74, 6) is -0.267. The second-order valence-corrected chi connectivity index (χ2v) is 6.83. The van der Waals surface area contributed by atoms with Crippen LogP contribution in [0, 0.1) is 10.1 Å². The van der Waals surface area contributed by atoms with Crippen molar-refractivity contribution in [2.24, 2.45) is 0 Å². The van der Waals surface area contributed by atoms with Crippen LogP contribution >= 0.6 is 0 Å². The van der Waals surface area contributed by atoms with Gasteiger partial charge in [-0.15, -0.1) is 0 Å². The highest BCUT2D eigenvalue weighted by Crippen LogP contribution is 2.32. The number of anilines is 2. The average Bonchev–Trinajstić information content (AvgIpc) is 2.69. The summed E-state index contributed by atoms with van der Waals surface area (Å²) >= 11 is 0. The molecule has 2 heterocycles. The standard InChI is InChI=1S/C20H19N3O4/c24-19-10-7-15-12-16(23(26)27)8-9-18(15)22(19)13-20(25)21-11-3-5-14-4-1-2-6-17(14)21/h1-2,4,6,8-9,12H,3,5,7,10-11,13H2. The lowest BCUT2D eigenvalue weighted by Gasteiger charge is -2.33. The van der Waals surface area contributed by atoms with Gasteiger partial charge in [0.05, 0.1) is 4.92 Å². The third-order valence-corrected chi connectivity index (χ3v) is 5.18. The summed E-state index contributed by atoms with van der Waals surface area (Å²) < 4.78 is 0. The molecule has 4 rings (SSSR count). The van der Waals surface area contributed by atoms with Crippen LogP contribution in [0.5, 0.6) is 0 Å². The van der Waals surface area contributed by atoms with Gasteiger partial charge in [-0.05, 0) is 42.5 Å². The fourth-order valence-corrected chi connectivity index (χ4v) is 3.85. The van der Waals surface area contributed by atoms with Gasteiger partial charge in [-0.2, -0.15) is 0 Å². The highest BCUT2D eigenvalue weighted by Gasteiger charge is 2.30. The summed E-state index contributed by atoms with van der Waals surface area (Å²) in [7, 11) is 0. The van der Waals surface area contributed by atoms with Crippen LogP contribution in [-0.4, -0.2) is 29.8 Å². The normalized spacial score (nSPS) is 15.9. The van der Waals surface area contributed by atoms with Crippen molar-refractivity contribution in [3.05, 3.63) is 63.7 Å². The lowest BCUT2D eigenvalue weighted by Crippen LogP contribution is -2.46. The molecule has 7 nitrogen and oxygen atoms in total. The van der Waals surface area contributed by atoms with Crippen molar-refractivity contribution in [2.45, 2.75) is 25.7 Å². The Hall–Kier alpha value is -3.22. The minimum absolute atomic E-state index is 0.000617. The molecule has 2 aromatic rings. The summed E-state index contributed by atoms with van der Waals surface area (Å²) in [4.78, 5) is 39.2. The van der Waals surface area contributed by atoms with Crippen molar-refractivity contribution in [1.29, 1.82) is 0 Å². The number of carbonyl (C=O) groups excluding carboxylic acids is 2. The van der Waals surface area contributed by atoms with Crippen LogP contribution in [0.4, 0.5) is 17.1 Å². The van der Waals surface area contributed by atoms with Crippen LogP contribution in [0.2, 0.25) is 0 Å². The van der Waals surface area contributed by atoms with Crippen molar-refractivity contribution in [2.75, 3.05) is 22.9 Å². The van der Waals surface area contributed by atoms with E-state index in [9.17, 15) is 19.7 Å². The molecule has 2 aliphatic rings. The molecule has 0 bridgehead atoms. The molecule has 0 saturated heterocycles. The molecule has 0 fully saturated rings. The van der Waals surface area contributed by atoms with Gasteiger partial charge in [0, 0.05) is 36.5 Å². The van der Waals surface area contributed by atoms with E-state index in [0.29, 0.717) is 18.7 Å². The van der Waals surface area contributed by atoms with Gasteiger partial charge in [0.1, 0.15) is 6.54 Å². The Balaban J connectivity index is 1.61. The lowest BCUT2D eigenvalue weighted by atomic mass is 9.99. The zero-order valence-corrected chi connectivity index (χ0v) is 14.8. The van der Waals surface area contributed by atoms with E-state index in [-0.39, 0.29) is 30.5 Å². The first-order valence-electron chi connectivity index (χ1n) is 9.00. The summed E-state index contributed by atoms with van der Waals surface area (Å²) in [6.07, 6.45) is 2.53. The van der Waals surface area contributed by atoms with Crippen molar-refractivity contribution < 1.29 is 14.5 Å². The Morgan fingerprint density at radius 1 is 1.04 bits per heavy atom. The molecule has 138 valence electrons. The van der Waals surface area contributed by atoms with Crippen LogP contribution in [0.25, 0.3) is 0 Å². The Morgan fingerprint density at radius 2 is 1.85 bits per heavy atom. The number of hydrogen-bond donors (Lipinski definition) is 0. The van der Waals surface area contributed by atoms with E-state index in [1.807, 2.05) is 24.3 Å². The van der Waals surface area contributed by atoms with E-state index >= 15 is 0 Å². The number of carbonyl (C=O) groups is 2. The van der Waals surface area contributed by atoms with Crippen molar-refractivity contribution in [3.63, 3.8) is 0 Å². The predicted molar refractivity (Wildman–Crippen MR) is 101 cm³/mol. The highest BCUT2D eigenvalue weighted by atomic mass is 16.6. The first-order chi connectivity index (χ1) is 13.0. The summed E-state index contributed by atoms with van der Waals surface area (Å²) in [6, 6.07) is 12.3. The van der Waals surface area contributed by atoms with Gasteiger partial charge in [-0.3, -0.25) is 19.7 Å². The zero-order valence-electron chi connectivity index (χ0n) is 14.8. The molecule has 7 heteroatoms. The lowest BCUT2D eigenvalue weighted by molar-refractivity contribution is -0.384. The maximum Gasteiger partial charge on any atom is 0.269 e. The van der Waals surface area contributed by atoms with Crippen LogP contribution in [0.3, 0.4) is 0 Å². The number of fused-ring (bicyclic) bond motifs is 2. The summed E-state index contributed by atoms with van der Waals surface area (Å²) in [5.41, 5.74) is 3.37. The maximum atomic E-state index is 13.0. The van der Waals surface area contributed by atoms with Crippen LogP contribution in [0.15, 0.2) is 42.5 Å². The fourth-order valence-electron chi connectivity index (χ4n) is 3.85. The average molecular weight is 365 g/mol. The van der Waals surface area contributed by atoms with Crippen LogP contribution in [0.1, 0.15) is 24.0 Å². The monoisotopic (exact) mass is 365 g/mol. The molecular weight excluding hydrogens is 346 g/mol. The van der Waals surface area contributed by atoms with E-state index in [4.69, 9.17) is 0 Å². The van der Waals surface area contributed by atoms with Gasteiger partial charge in [0.2, 0.25) is 11.8 Å². The number of rotatable bonds is 3. The van der Waals surface area contributed by atoms with E-state index in [1.165, 1.54) is 17.0 Å². The number of aryl methyl sites for hydroxylation is 2. The smallest absolute Gasteiger partial charge is 0.269 e. The predicted octanol–water partition coefficient (Wildman–Crippen LogP) is 2.85. The number of para-hydroxylation sites is 1. The summed E-state index contributed by atoms with van der Waals surface area (Å²) in [5, 5.41) is 11.0. The third kappa shape index (κ3) is 3.16. The third-order valence-electron chi connectivity index (χ3n) is 5.18. The molecule has 27 heavy (non-hydrogen) atoms. The second-order valence-electron chi connectivity index (χ2n) is 6.83. The van der Waals surface area contributed by atoms with Crippen molar-refractivity contribution in [3.8, 4) is 0 Å². The molecule has 0 saturated carbocycles. The maximum absolute atomic E-state index is 13.0. The number of amides is 2. The second kappa shape index (κ2) is 6.83. The van der Waals surface area contributed by atoms with Crippen molar-refractivity contribution >= 4 is 28.9 Å². The molecule has 0 aromatic heterocycles. The molecule has 0 atom stereocenters. The number of nitro groups is 1. The number of non-ortho nitro benzene ring substituents is 1. The summed E-state index contributed by atoms with van der Waals surface area (Å²) in [6.45, 7) is 0.572. The van der Waals surface area contributed by atoms with Gasteiger partial charge < -0.3 is 9.80 Å². The van der Waals surface area contributed by atoms with Crippen LogP contribution in [-0.2, 0) is 22.4 Å². The Kier molecular flexibility index (Phi) is 4.35. The Labute approximate surface area is 156 Å². The minimum Gasteiger partial charge on any atom is -0.311 e. The number of nitrogens with zero attached hydrogens (tertiary/aromatic N) is 3. The first kappa shape index (κ1) is 17.2. The first-order valence-corrected chi connectivity index (χ1v) is 9.00. The molecule has 0 unspecified atom stereocenters. The molecule has 0 radical (unpaired) electrons. The SMILES string of the molecule is O=C(CN1C(=O)CCc2cc([N+](=O)[O-])ccc21)N1CCCc2ccccc21. The van der Waals surface area contributed by atoms with Crippen LogP contribution < -0.4 is 9.80 Å². The quantitative estimate of drug-likeness (QED) is 0.618. The van der Waals surface area contributed by atoms with Crippen molar-refractivity contribution in [1.82, 2.24) is 0 Å². The fraction of sp³-hybridized carbons (Fsp3) is 0.300. The van der Waals surface area contributed by atoms with Gasteiger partial charge in [0.25, 0.3) is 5.69 Å². The minimum atomic E-state index is -0.448. The molecule has 0 N–H and O–H groups in total. The number of benzene rings is 2. The largest absolute Gasteiger partial charge is 0.311 e. The molecule has 2 aromatic carbocycles. The van der Waals surface area contributed by atoms with E-state index < -0.39 is 4.92 Å². The van der Waals surface area contributed by atoms with E-state index in [0.717, 1.165) is 29.7 Å². The molecule has 2 amide bonds. The highest BCUT2D eigenvalue weighted by molar-refractivity contribution is 6.05. The van der Waals surface area contributed by atoms with E-state index in [1.54, 1.807) is 11.0 Å². The van der Waals surface area contributed by atoms with E-state index in [2.05, 4.69) is 0 Å².